The Morgan fingerprint density at radius 3 is 2.76 bits per heavy atom. The molecule has 17 heavy (non-hydrogen) atoms. The van der Waals surface area contributed by atoms with Crippen molar-refractivity contribution in [3.05, 3.63) is 28.8 Å². The van der Waals surface area contributed by atoms with Crippen LogP contribution in [0.2, 0.25) is 5.02 Å². The lowest BCUT2D eigenvalue weighted by Crippen LogP contribution is -2.27. The van der Waals surface area contributed by atoms with Crippen LogP contribution in [0.25, 0.3) is 0 Å². The van der Waals surface area contributed by atoms with Gasteiger partial charge in [0.2, 0.25) is 5.91 Å². The monoisotopic (exact) mass is 250 g/mol. The van der Waals surface area contributed by atoms with E-state index in [-0.39, 0.29) is 18.4 Å². The van der Waals surface area contributed by atoms with Crippen molar-refractivity contribution in [1.29, 1.82) is 0 Å². The Labute approximate surface area is 106 Å². The molecule has 4 heteroatoms. The SMILES string of the molecule is CC(C)C1=NCC(=O)N(C)c2ccc(Cl)cc21. The fourth-order valence-corrected chi connectivity index (χ4v) is 2.15. The molecule has 1 aliphatic heterocycles. The lowest BCUT2D eigenvalue weighted by atomic mass is 9.98. The zero-order valence-electron chi connectivity index (χ0n) is 10.2. The molecule has 1 heterocycles. The minimum Gasteiger partial charge on any atom is -0.313 e. The van der Waals surface area contributed by atoms with Crippen molar-refractivity contribution in [1.82, 2.24) is 0 Å². The Kier molecular flexibility index (Phi) is 3.20. The number of nitrogens with zero attached hydrogens (tertiary/aromatic N) is 2. The second-order valence-electron chi connectivity index (χ2n) is 4.47. The summed E-state index contributed by atoms with van der Waals surface area (Å²) < 4.78 is 0. The van der Waals surface area contributed by atoms with E-state index < -0.39 is 0 Å². The molecular weight excluding hydrogens is 236 g/mol. The van der Waals surface area contributed by atoms with E-state index in [2.05, 4.69) is 18.8 Å². The molecule has 0 fully saturated rings. The molecule has 0 N–H and O–H groups in total. The van der Waals surface area contributed by atoms with Gasteiger partial charge in [-0.25, -0.2) is 0 Å². The molecule has 0 bridgehead atoms. The highest BCUT2D eigenvalue weighted by Gasteiger charge is 2.22. The van der Waals surface area contributed by atoms with Gasteiger partial charge in [-0.05, 0) is 24.1 Å². The molecule has 90 valence electrons. The zero-order valence-corrected chi connectivity index (χ0v) is 11.0. The summed E-state index contributed by atoms with van der Waals surface area (Å²) in [6.07, 6.45) is 0. The second-order valence-corrected chi connectivity index (χ2v) is 4.91. The van der Waals surface area contributed by atoms with Crippen molar-refractivity contribution in [2.24, 2.45) is 10.9 Å². The van der Waals surface area contributed by atoms with E-state index in [0.29, 0.717) is 5.02 Å². The van der Waals surface area contributed by atoms with Crippen molar-refractivity contribution in [2.45, 2.75) is 13.8 Å². The third kappa shape index (κ3) is 2.20. The van der Waals surface area contributed by atoms with Crippen molar-refractivity contribution in [3.63, 3.8) is 0 Å². The first-order valence-corrected chi connectivity index (χ1v) is 5.99. The third-order valence-electron chi connectivity index (χ3n) is 2.90. The maximum absolute atomic E-state index is 11.8. The molecule has 0 saturated heterocycles. The van der Waals surface area contributed by atoms with Gasteiger partial charge < -0.3 is 4.90 Å². The molecule has 0 aliphatic carbocycles. The van der Waals surface area contributed by atoms with Crippen molar-refractivity contribution in [3.8, 4) is 0 Å². The Bertz CT molecular complexity index is 494. The molecule has 0 spiro atoms. The second kappa shape index (κ2) is 4.49. The summed E-state index contributed by atoms with van der Waals surface area (Å²) in [5, 5.41) is 0.667. The smallest absolute Gasteiger partial charge is 0.248 e. The number of hydrogen-bond donors (Lipinski definition) is 0. The number of aliphatic imine (C=N–C) groups is 1. The quantitative estimate of drug-likeness (QED) is 0.754. The van der Waals surface area contributed by atoms with E-state index in [0.717, 1.165) is 17.0 Å². The number of benzodiazepines with no additional fused rings is 1. The Balaban J connectivity index is 2.64. The number of amides is 1. The predicted molar refractivity (Wildman–Crippen MR) is 71.1 cm³/mol. The lowest BCUT2D eigenvalue weighted by molar-refractivity contribution is -0.116. The summed E-state index contributed by atoms with van der Waals surface area (Å²) in [5.74, 6) is 0.274. The third-order valence-corrected chi connectivity index (χ3v) is 3.14. The highest BCUT2D eigenvalue weighted by Crippen LogP contribution is 2.28. The molecule has 1 aliphatic rings. The molecule has 3 nitrogen and oxygen atoms in total. The number of likely N-dealkylation sites (N-methyl/N-ethyl adjacent to an activating group) is 1. The highest BCUT2D eigenvalue weighted by molar-refractivity contribution is 6.31. The summed E-state index contributed by atoms with van der Waals surface area (Å²) in [7, 11) is 1.77. The summed E-state index contributed by atoms with van der Waals surface area (Å²) in [5.41, 5.74) is 2.78. The van der Waals surface area contributed by atoms with Crippen LogP contribution < -0.4 is 4.90 Å². The van der Waals surface area contributed by atoms with Crippen LogP contribution in [0.1, 0.15) is 19.4 Å². The van der Waals surface area contributed by atoms with Gasteiger partial charge in [0.05, 0.1) is 5.69 Å². The minimum atomic E-state index is 0.00391. The minimum absolute atomic E-state index is 0.00391. The van der Waals surface area contributed by atoms with Crippen molar-refractivity contribution in [2.75, 3.05) is 18.5 Å². The van der Waals surface area contributed by atoms with Crippen LogP contribution in [-0.4, -0.2) is 25.2 Å². The van der Waals surface area contributed by atoms with E-state index in [1.165, 1.54) is 0 Å². The van der Waals surface area contributed by atoms with Crippen LogP contribution in [0, 0.1) is 5.92 Å². The van der Waals surface area contributed by atoms with Gasteiger partial charge in [-0.15, -0.1) is 0 Å². The fourth-order valence-electron chi connectivity index (χ4n) is 1.98. The number of benzene rings is 1. The Morgan fingerprint density at radius 1 is 1.41 bits per heavy atom. The molecule has 1 aromatic carbocycles. The Morgan fingerprint density at radius 2 is 2.12 bits per heavy atom. The number of fused-ring (bicyclic) bond motifs is 1. The molecule has 1 aromatic rings. The topological polar surface area (TPSA) is 32.7 Å². The van der Waals surface area contributed by atoms with Crippen LogP contribution in [-0.2, 0) is 4.79 Å². The summed E-state index contributed by atoms with van der Waals surface area (Å²) in [6.45, 7) is 4.34. The van der Waals surface area contributed by atoms with Crippen LogP contribution in [0.4, 0.5) is 5.69 Å². The summed E-state index contributed by atoms with van der Waals surface area (Å²) >= 11 is 6.03. The van der Waals surface area contributed by atoms with Gasteiger partial charge >= 0.3 is 0 Å². The lowest BCUT2D eigenvalue weighted by Gasteiger charge is -2.18. The van der Waals surface area contributed by atoms with Gasteiger partial charge in [0, 0.05) is 23.3 Å². The first-order valence-electron chi connectivity index (χ1n) is 5.61. The Hall–Kier alpha value is -1.35. The summed E-state index contributed by atoms with van der Waals surface area (Å²) in [6, 6.07) is 5.55. The number of halogens is 1. The van der Waals surface area contributed by atoms with Gasteiger partial charge in [-0.2, -0.15) is 0 Å². The van der Waals surface area contributed by atoms with Gasteiger partial charge in [0.1, 0.15) is 6.54 Å². The molecule has 0 radical (unpaired) electrons. The summed E-state index contributed by atoms with van der Waals surface area (Å²) in [4.78, 5) is 17.9. The molecular formula is C13H15ClN2O. The van der Waals surface area contributed by atoms with E-state index >= 15 is 0 Å². The van der Waals surface area contributed by atoms with Gasteiger partial charge in [0.25, 0.3) is 0 Å². The average Bonchev–Trinajstić information content (AvgIpc) is 2.38. The van der Waals surface area contributed by atoms with Crippen molar-refractivity contribution < 1.29 is 4.79 Å². The van der Waals surface area contributed by atoms with Gasteiger partial charge in [0.15, 0.2) is 0 Å². The largest absolute Gasteiger partial charge is 0.313 e. The molecule has 0 atom stereocenters. The van der Waals surface area contributed by atoms with E-state index in [1.54, 1.807) is 18.0 Å². The van der Waals surface area contributed by atoms with Gasteiger partial charge in [-0.1, -0.05) is 25.4 Å². The fraction of sp³-hybridized carbons (Fsp3) is 0.385. The molecule has 0 unspecified atom stereocenters. The van der Waals surface area contributed by atoms with Crippen LogP contribution in [0.5, 0.6) is 0 Å². The zero-order chi connectivity index (χ0) is 12.6. The molecule has 0 aromatic heterocycles. The first-order chi connectivity index (χ1) is 8.00. The van der Waals surface area contributed by atoms with Gasteiger partial charge in [-0.3, -0.25) is 9.79 Å². The standard InChI is InChI=1S/C13H15ClN2O/c1-8(2)13-10-6-9(14)4-5-11(10)16(3)12(17)7-15-13/h4-6,8H,7H2,1-3H3. The maximum atomic E-state index is 11.8. The highest BCUT2D eigenvalue weighted by atomic mass is 35.5. The predicted octanol–water partition coefficient (Wildman–Crippen LogP) is 2.76. The molecule has 1 amide bonds. The van der Waals surface area contributed by atoms with Crippen molar-refractivity contribution >= 4 is 28.9 Å². The van der Waals surface area contributed by atoms with Crippen LogP contribution >= 0.6 is 11.6 Å². The van der Waals surface area contributed by atoms with E-state index in [9.17, 15) is 4.79 Å². The number of hydrogen-bond acceptors (Lipinski definition) is 2. The first kappa shape index (κ1) is 12.1. The molecule has 0 saturated carbocycles. The van der Waals surface area contributed by atoms with E-state index in [1.807, 2.05) is 12.1 Å². The number of anilines is 1. The number of carbonyl (C=O) groups excluding carboxylic acids is 1. The van der Waals surface area contributed by atoms with Crippen LogP contribution in [0.15, 0.2) is 23.2 Å². The molecule has 2 rings (SSSR count). The maximum Gasteiger partial charge on any atom is 0.248 e. The average molecular weight is 251 g/mol. The number of rotatable bonds is 1. The van der Waals surface area contributed by atoms with E-state index in [4.69, 9.17) is 11.6 Å². The normalized spacial score (nSPS) is 15.7. The van der Waals surface area contributed by atoms with Crippen LogP contribution in [0.3, 0.4) is 0 Å². The number of carbonyl (C=O) groups is 1.